The lowest BCUT2D eigenvalue weighted by molar-refractivity contribution is 0.402. The Morgan fingerprint density at radius 2 is 2.00 bits per heavy atom. The third-order valence-corrected chi connectivity index (χ3v) is 5.23. The fourth-order valence-corrected chi connectivity index (χ4v) is 4.11. The number of fused-ring (bicyclic) bond motifs is 3. The van der Waals surface area contributed by atoms with Gasteiger partial charge in [0.15, 0.2) is 0 Å². The first-order valence-corrected chi connectivity index (χ1v) is 9.12. The minimum Gasteiger partial charge on any atom is -0.357 e. The van der Waals surface area contributed by atoms with E-state index in [1.54, 1.807) is 0 Å². The smallest absolute Gasteiger partial charge is 0.0478 e. The largest absolute Gasteiger partial charge is 0.357 e. The Hall–Kier alpha value is -2.06. The molecule has 0 aliphatic heterocycles. The van der Waals surface area contributed by atoms with Crippen LogP contribution in [0.2, 0.25) is 0 Å². The fourth-order valence-electron chi connectivity index (χ4n) is 4.11. The Labute approximate surface area is 144 Å². The molecule has 24 heavy (non-hydrogen) atoms. The number of aryl methyl sites for hydroxylation is 2. The third-order valence-electron chi connectivity index (χ3n) is 5.23. The van der Waals surface area contributed by atoms with E-state index in [-0.39, 0.29) is 0 Å². The van der Waals surface area contributed by atoms with E-state index >= 15 is 0 Å². The minimum absolute atomic E-state index is 0.445. The molecule has 1 aromatic heterocycles. The van der Waals surface area contributed by atoms with Crippen molar-refractivity contribution in [1.29, 1.82) is 0 Å². The predicted octanol–water partition coefficient (Wildman–Crippen LogP) is 5.07. The molecule has 2 atom stereocenters. The third kappa shape index (κ3) is 2.99. The number of hydrogen-bond acceptors (Lipinski definition) is 1. The van der Waals surface area contributed by atoms with Crippen molar-refractivity contribution < 1.29 is 0 Å². The first-order chi connectivity index (χ1) is 11.7. The highest BCUT2D eigenvalue weighted by atomic mass is 15.0. The average Bonchev–Trinajstić information content (AvgIpc) is 2.95. The van der Waals surface area contributed by atoms with Crippen LogP contribution in [-0.4, -0.2) is 11.0 Å². The quantitative estimate of drug-likeness (QED) is 0.690. The number of hydrogen-bond donors (Lipinski definition) is 2. The van der Waals surface area contributed by atoms with Crippen molar-refractivity contribution in [1.82, 2.24) is 10.3 Å². The summed E-state index contributed by atoms with van der Waals surface area (Å²) in [4.78, 5) is 3.70. The van der Waals surface area contributed by atoms with Crippen molar-refractivity contribution in [3.63, 3.8) is 0 Å². The molecule has 3 aromatic rings. The summed E-state index contributed by atoms with van der Waals surface area (Å²) < 4.78 is 0. The van der Waals surface area contributed by atoms with Crippen LogP contribution >= 0.6 is 0 Å². The van der Waals surface area contributed by atoms with Gasteiger partial charge in [-0.2, -0.15) is 0 Å². The number of benzene rings is 2. The number of rotatable bonds is 4. The van der Waals surface area contributed by atoms with E-state index in [4.69, 9.17) is 0 Å². The normalized spacial score (nSPS) is 18.5. The Balaban J connectivity index is 1.56. The molecule has 1 heterocycles. The maximum absolute atomic E-state index is 3.87. The summed E-state index contributed by atoms with van der Waals surface area (Å²) in [6, 6.07) is 18.4. The second kappa shape index (κ2) is 6.45. The van der Waals surface area contributed by atoms with Crippen LogP contribution in [0.3, 0.4) is 0 Å². The van der Waals surface area contributed by atoms with Gasteiger partial charge in [-0.1, -0.05) is 42.0 Å². The zero-order valence-electron chi connectivity index (χ0n) is 14.6. The molecular formula is C22H26N2. The van der Waals surface area contributed by atoms with Crippen LogP contribution in [0.5, 0.6) is 0 Å². The minimum atomic E-state index is 0.445. The summed E-state index contributed by atoms with van der Waals surface area (Å²) in [7, 11) is 0. The lowest BCUT2D eigenvalue weighted by atomic mass is 9.90. The second-order valence-electron chi connectivity index (χ2n) is 7.27. The maximum atomic E-state index is 3.87. The Morgan fingerprint density at radius 1 is 1.17 bits per heavy atom. The molecule has 1 aliphatic carbocycles. The molecule has 0 amide bonds. The molecule has 0 bridgehead atoms. The summed E-state index contributed by atoms with van der Waals surface area (Å²) in [6.45, 7) is 4.48. The van der Waals surface area contributed by atoms with Gasteiger partial charge in [-0.25, -0.2) is 0 Å². The zero-order chi connectivity index (χ0) is 16.5. The van der Waals surface area contributed by atoms with Gasteiger partial charge < -0.3 is 10.3 Å². The van der Waals surface area contributed by atoms with E-state index in [9.17, 15) is 0 Å². The summed E-state index contributed by atoms with van der Waals surface area (Å²) in [6.07, 6.45) is 4.76. The van der Waals surface area contributed by atoms with E-state index in [0.29, 0.717) is 12.1 Å². The molecule has 2 unspecified atom stereocenters. The van der Waals surface area contributed by atoms with Crippen molar-refractivity contribution in [2.75, 3.05) is 0 Å². The van der Waals surface area contributed by atoms with Gasteiger partial charge in [-0.3, -0.25) is 0 Å². The molecule has 1 aliphatic rings. The number of nitrogens with one attached hydrogen (secondary N) is 2. The SMILES string of the molecule is Cc1ccc2[nH]c3c(c2c1)CCCC3NC(C)Cc1ccccc1. The molecule has 0 fully saturated rings. The standard InChI is InChI=1S/C22H26N2/c1-15-11-12-20-19(13-15)18-9-6-10-21(22(18)24-20)23-16(2)14-17-7-4-3-5-8-17/h3-5,7-8,11-13,16,21,23-24H,6,9-10,14H2,1-2H3. The second-order valence-corrected chi connectivity index (χ2v) is 7.27. The monoisotopic (exact) mass is 318 g/mol. The first-order valence-electron chi connectivity index (χ1n) is 9.12. The van der Waals surface area contributed by atoms with Gasteiger partial charge in [-0.15, -0.1) is 0 Å². The van der Waals surface area contributed by atoms with E-state index in [1.165, 1.54) is 52.5 Å². The number of aromatic amines is 1. The number of aromatic nitrogens is 1. The van der Waals surface area contributed by atoms with Gasteiger partial charge in [0.1, 0.15) is 0 Å². The molecule has 0 saturated carbocycles. The number of H-pyrrole nitrogens is 1. The summed E-state index contributed by atoms with van der Waals surface area (Å²) in [5, 5.41) is 5.29. The maximum Gasteiger partial charge on any atom is 0.0478 e. The van der Waals surface area contributed by atoms with E-state index < -0.39 is 0 Å². The highest BCUT2D eigenvalue weighted by Crippen LogP contribution is 2.35. The molecule has 2 heteroatoms. The Bertz CT molecular complexity index is 832. The van der Waals surface area contributed by atoms with Gasteiger partial charge in [0.05, 0.1) is 0 Å². The van der Waals surface area contributed by atoms with E-state index in [0.717, 1.165) is 6.42 Å². The van der Waals surface area contributed by atoms with Crippen LogP contribution in [0, 0.1) is 6.92 Å². The molecule has 2 N–H and O–H groups in total. The predicted molar refractivity (Wildman–Crippen MR) is 101 cm³/mol. The highest BCUT2D eigenvalue weighted by Gasteiger charge is 2.25. The van der Waals surface area contributed by atoms with Gasteiger partial charge in [0.2, 0.25) is 0 Å². The van der Waals surface area contributed by atoms with Crippen LogP contribution < -0.4 is 5.32 Å². The molecule has 2 nitrogen and oxygen atoms in total. The zero-order valence-corrected chi connectivity index (χ0v) is 14.6. The lowest BCUT2D eigenvalue weighted by Crippen LogP contribution is -2.34. The van der Waals surface area contributed by atoms with Crippen LogP contribution in [0.4, 0.5) is 0 Å². The molecule has 2 aromatic carbocycles. The van der Waals surface area contributed by atoms with Crippen LogP contribution in [0.25, 0.3) is 10.9 Å². The molecular weight excluding hydrogens is 292 g/mol. The first kappa shape index (κ1) is 15.5. The van der Waals surface area contributed by atoms with Gasteiger partial charge >= 0.3 is 0 Å². The summed E-state index contributed by atoms with van der Waals surface area (Å²) in [5.41, 5.74) is 6.98. The van der Waals surface area contributed by atoms with Gasteiger partial charge in [0, 0.05) is 28.7 Å². The summed E-state index contributed by atoms with van der Waals surface area (Å²) in [5.74, 6) is 0. The van der Waals surface area contributed by atoms with E-state index in [1.807, 2.05) is 0 Å². The fraction of sp³-hybridized carbons (Fsp3) is 0.364. The molecule has 0 spiro atoms. The van der Waals surface area contributed by atoms with Crippen molar-refractivity contribution >= 4 is 10.9 Å². The van der Waals surface area contributed by atoms with Crippen LogP contribution in [-0.2, 0) is 12.8 Å². The van der Waals surface area contributed by atoms with Crippen LogP contribution in [0.15, 0.2) is 48.5 Å². The van der Waals surface area contributed by atoms with Crippen molar-refractivity contribution in [3.8, 4) is 0 Å². The molecule has 4 rings (SSSR count). The topological polar surface area (TPSA) is 27.8 Å². The highest BCUT2D eigenvalue weighted by molar-refractivity contribution is 5.85. The van der Waals surface area contributed by atoms with Crippen molar-refractivity contribution in [2.24, 2.45) is 0 Å². The van der Waals surface area contributed by atoms with Crippen molar-refractivity contribution in [3.05, 3.63) is 70.9 Å². The van der Waals surface area contributed by atoms with Gasteiger partial charge in [0.25, 0.3) is 0 Å². The lowest BCUT2D eigenvalue weighted by Gasteiger charge is -2.27. The Kier molecular flexibility index (Phi) is 4.15. The average molecular weight is 318 g/mol. The van der Waals surface area contributed by atoms with Gasteiger partial charge in [-0.05, 0) is 62.8 Å². The summed E-state index contributed by atoms with van der Waals surface area (Å²) >= 11 is 0. The van der Waals surface area contributed by atoms with Crippen LogP contribution in [0.1, 0.15) is 48.2 Å². The van der Waals surface area contributed by atoms with E-state index in [2.05, 4.69) is 72.7 Å². The molecule has 0 radical (unpaired) electrons. The molecule has 0 saturated heterocycles. The van der Waals surface area contributed by atoms with Crippen molar-refractivity contribution in [2.45, 2.75) is 51.6 Å². The molecule has 124 valence electrons. The Morgan fingerprint density at radius 3 is 2.83 bits per heavy atom.